The first-order valence-electron chi connectivity index (χ1n) is 7.27. The zero-order chi connectivity index (χ0) is 14.8. The van der Waals surface area contributed by atoms with Gasteiger partial charge in [-0.3, -0.25) is 0 Å². The number of nitrogens with zero attached hydrogens (tertiary/aromatic N) is 1. The Morgan fingerprint density at radius 2 is 1.76 bits per heavy atom. The Morgan fingerprint density at radius 1 is 1.05 bits per heavy atom. The largest absolute Gasteiger partial charge is 0.354 e. The van der Waals surface area contributed by atoms with E-state index in [9.17, 15) is 0 Å². The molecule has 1 aromatic heterocycles. The maximum absolute atomic E-state index is 9.12. The van der Waals surface area contributed by atoms with Crippen LogP contribution in [0.3, 0.4) is 0 Å². The number of aromatic amines is 1. The molecule has 0 aliphatic rings. The van der Waals surface area contributed by atoms with Crippen molar-refractivity contribution in [3.05, 3.63) is 59.7 Å². The molecular weight excluding hydrogens is 256 g/mol. The lowest BCUT2D eigenvalue weighted by molar-refractivity contribution is 0.867. The molecule has 2 heteroatoms. The highest BCUT2D eigenvalue weighted by Gasteiger charge is 2.12. The highest BCUT2D eigenvalue weighted by atomic mass is 14.7. The summed E-state index contributed by atoms with van der Waals surface area (Å²) in [6.07, 6.45) is 0.422. The van der Waals surface area contributed by atoms with E-state index < -0.39 is 0 Å². The van der Waals surface area contributed by atoms with Gasteiger partial charge in [0, 0.05) is 10.9 Å². The molecule has 0 unspecified atom stereocenters. The number of benzene rings is 2. The second-order valence-electron chi connectivity index (χ2n) is 5.64. The molecule has 0 saturated carbocycles. The van der Waals surface area contributed by atoms with Crippen LogP contribution in [0.5, 0.6) is 0 Å². The lowest BCUT2D eigenvalue weighted by Gasteiger charge is -2.07. The van der Waals surface area contributed by atoms with Gasteiger partial charge in [-0.05, 0) is 28.7 Å². The van der Waals surface area contributed by atoms with Gasteiger partial charge in [-0.15, -0.1) is 0 Å². The average molecular weight is 274 g/mol. The Labute approximate surface area is 125 Å². The number of fused-ring (bicyclic) bond motifs is 1. The lowest BCUT2D eigenvalue weighted by Crippen LogP contribution is -1.89. The molecule has 0 radical (unpaired) electrons. The quantitative estimate of drug-likeness (QED) is 0.715. The highest BCUT2D eigenvalue weighted by Crippen LogP contribution is 2.31. The highest BCUT2D eigenvalue weighted by molar-refractivity contribution is 5.91. The lowest BCUT2D eigenvalue weighted by atomic mass is 9.98. The molecule has 0 spiro atoms. The second kappa shape index (κ2) is 5.46. The van der Waals surface area contributed by atoms with Crippen LogP contribution in [0.4, 0.5) is 0 Å². The molecule has 104 valence electrons. The first-order valence-corrected chi connectivity index (χ1v) is 7.27. The Hall–Kier alpha value is -2.53. The fraction of sp³-hybridized carbons (Fsp3) is 0.211. The molecule has 0 saturated heterocycles. The maximum Gasteiger partial charge on any atom is 0.0670 e. The molecule has 2 aromatic carbocycles. The number of H-pyrrole nitrogens is 1. The summed E-state index contributed by atoms with van der Waals surface area (Å²) in [7, 11) is 0. The average Bonchev–Trinajstić information content (AvgIpc) is 2.87. The third-order valence-electron chi connectivity index (χ3n) is 3.94. The molecule has 2 nitrogen and oxygen atoms in total. The van der Waals surface area contributed by atoms with Gasteiger partial charge in [0.1, 0.15) is 0 Å². The fourth-order valence-corrected chi connectivity index (χ4v) is 2.74. The van der Waals surface area contributed by atoms with E-state index in [1.807, 2.05) is 12.1 Å². The van der Waals surface area contributed by atoms with Crippen molar-refractivity contribution < 1.29 is 0 Å². The van der Waals surface area contributed by atoms with Gasteiger partial charge in [-0.25, -0.2) is 0 Å². The minimum Gasteiger partial charge on any atom is -0.354 e. The van der Waals surface area contributed by atoms with Gasteiger partial charge < -0.3 is 4.98 Å². The predicted octanol–water partition coefficient (Wildman–Crippen LogP) is 5.02. The molecule has 0 atom stereocenters. The van der Waals surface area contributed by atoms with Gasteiger partial charge in [-0.2, -0.15) is 5.26 Å². The van der Waals surface area contributed by atoms with E-state index in [2.05, 4.69) is 61.3 Å². The normalized spacial score (nSPS) is 11.0. The zero-order valence-electron chi connectivity index (χ0n) is 12.4. The molecule has 0 fully saturated rings. The van der Waals surface area contributed by atoms with Gasteiger partial charge in [0.25, 0.3) is 0 Å². The van der Waals surface area contributed by atoms with Crippen LogP contribution in [0.1, 0.15) is 30.9 Å². The molecule has 21 heavy (non-hydrogen) atoms. The number of rotatable bonds is 3. The summed E-state index contributed by atoms with van der Waals surface area (Å²) in [5, 5.41) is 10.3. The minimum absolute atomic E-state index is 0.422. The van der Waals surface area contributed by atoms with Crippen LogP contribution < -0.4 is 0 Å². The number of para-hydroxylation sites is 1. The molecule has 0 aliphatic carbocycles. The fourth-order valence-electron chi connectivity index (χ4n) is 2.74. The Balaban J connectivity index is 2.15. The van der Waals surface area contributed by atoms with E-state index in [-0.39, 0.29) is 0 Å². The monoisotopic (exact) mass is 274 g/mol. The first kappa shape index (κ1) is 13.5. The smallest absolute Gasteiger partial charge is 0.0670 e. The number of nitrogens with one attached hydrogen (secondary N) is 1. The first-order chi connectivity index (χ1) is 10.2. The zero-order valence-corrected chi connectivity index (χ0v) is 12.4. The van der Waals surface area contributed by atoms with Crippen molar-refractivity contribution in [2.45, 2.75) is 26.2 Å². The molecule has 3 aromatic rings. The summed E-state index contributed by atoms with van der Waals surface area (Å²) in [5.41, 5.74) is 5.71. The maximum atomic E-state index is 9.12. The molecular formula is C19H18N2. The summed E-state index contributed by atoms with van der Waals surface area (Å²) in [4.78, 5) is 3.46. The second-order valence-corrected chi connectivity index (χ2v) is 5.64. The summed E-state index contributed by atoms with van der Waals surface area (Å²) < 4.78 is 0. The van der Waals surface area contributed by atoms with Gasteiger partial charge in [0.05, 0.1) is 18.2 Å². The predicted molar refractivity (Wildman–Crippen MR) is 87.1 cm³/mol. The van der Waals surface area contributed by atoms with Gasteiger partial charge in [-0.1, -0.05) is 56.3 Å². The van der Waals surface area contributed by atoms with Crippen molar-refractivity contribution in [3.8, 4) is 17.3 Å². The summed E-state index contributed by atoms with van der Waals surface area (Å²) in [6.45, 7) is 4.39. The van der Waals surface area contributed by atoms with E-state index in [0.717, 1.165) is 27.7 Å². The topological polar surface area (TPSA) is 39.6 Å². The summed E-state index contributed by atoms with van der Waals surface area (Å²) in [5.74, 6) is 0.528. The molecule has 0 amide bonds. The SMILES string of the molecule is CC(C)c1ccc(-c2[nH]c3ccccc3c2CC#N)cc1. The van der Waals surface area contributed by atoms with Gasteiger partial charge >= 0.3 is 0 Å². The number of nitriles is 1. The van der Waals surface area contributed by atoms with E-state index in [4.69, 9.17) is 5.26 Å². The van der Waals surface area contributed by atoms with Crippen molar-refractivity contribution in [3.63, 3.8) is 0 Å². The Morgan fingerprint density at radius 3 is 2.43 bits per heavy atom. The van der Waals surface area contributed by atoms with Crippen LogP contribution in [-0.4, -0.2) is 4.98 Å². The van der Waals surface area contributed by atoms with Crippen molar-refractivity contribution in [1.82, 2.24) is 4.98 Å². The minimum atomic E-state index is 0.422. The number of aromatic nitrogens is 1. The molecule has 0 aliphatic heterocycles. The van der Waals surface area contributed by atoms with Crippen LogP contribution in [0, 0.1) is 11.3 Å². The van der Waals surface area contributed by atoms with Crippen LogP contribution in [-0.2, 0) is 6.42 Å². The third-order valence-corrected chi connectivity index (χ3v) is 3.94. The molecule has 1 N–H and O–H groups in total. The van der Waals surface area contributed by atoms with Crippen LogP contribution in [0.25, 0.3) is 22.2 Å². The molecule has 3 rings (SSSR count). The van der Waals surface area contributed by atoms with Crippen molar-refractivity contribution in [2.75, 3.05) is 0 Å². The van der Waals surface area contributed by atoms with Crippen LogP contribution in [0.2, 0.25) is 0 Å². The summed E-state index contributed by atoms with van der Waals surface area (Å²) in [6, 6.07) is 19.1. The number of hydrogen-bond acceptors (Lipinski definition) is 1. The van der Waals surface area contributed by atoms with Crippen molar-refractivity contribution in [1.29, 1.82) is 5.26 Å². The van der Waals surface area contributed by atoms with Crippen LogP contribution >= 0.6 is 0 Å². The molecule has 1 heterocycles. The van der Waals surface area contributed by atoms with Crippen molar-refractivity contribution >= 4 is 10.9 Å². The molecule has 0 bridgehead atoms. The third kappa shape index (κ3) is 2.43. The van der Waals surface area contributed by atoms with E-state index in [0.29, 0.717) is 12.3 Å². The van der Waals surface area contributed by atoms with E-state index in [1.54, 1.807) is 0 Å². The van der Waals surface area contributed by atoms with Crippen molar-refractivity contribution in [2.24, 2.45) is 0 Å². The summed E-state index contributed by atoms with van der Waals surface area (Å²) >= 11 is 0. The van der Waals surface area contributed by atoms with E-state index >= 15 is 0 Å². The van der Waals surface area contributed by atoms with Gasteiger partial charge in [0.2, 0.25) is 0 Å². The Bertz CT molecular complexity index is 802. The van der Waals surface area contributed by atoms with E-state index in [1.165, 1.54) is 5.56 Å². The van der Waals surface area contributed by atoms with Crippen LogP contribution in [0.15, 0.2) is 48.5 Å². The Kier molecular flexibility index (Phi) is 3.50. The standard InChI is InChI=1S/C19H18N2/c1-13(2)14-7-9-15(10-8-14)19-17(11-12-20)16-5-3-4-6-18(16)21-19/h3-10,13,21H,11H2,1-2H3. The number of hydrogen-bond donors (Lipinski definition) is 1. The van der Waals surface area contributed by atoms with Gasteiger partial charge in [0.15, 0.2) is 0 Å².